The molecule has 0 spiro atoms. The fraction of sp³-hybridized carbons (Fsp3) is 0.708. The minimum Gasteiger partial charge on any atom is -0.491 e. The van der Waals surface area contributed by atoms with E-state index >= 15 is 0 Å². The fourth-order valence-corrected chi connectivity index (χ4v) is 8.72. The van der Waals surface area contributed by atoms with Crippen LogP contribution in [0.4, 0.5) is 4.39 Å². The van der Waals surface area contributed by atoms with Gasteiger partial charge in [-0.05, 0) is 75.2 Å². The number of carbonyl (C=O) groups excluding carboxylic acids is 1. The summed E-state index contributed by atoms with van der Waals surface area (Å²) >= 11 is 7.90. The van der Waals surface area contributed by atoms with Gasteiger partial charge in [-0.15, -0.1) is 11.8 Å². The summed E-state index contributed by atoms with van der Waals surface area (Å²) in [5, 5.41) is 0.484. The van der Waals surface area contributed by atoms with Crippen LogP contribution in [-0.2, 0) is 9.53 Å². The average Bonchev–Trinajstić information content (AvgIpc) is 3.16. The predicted molar refractivity (Wildman–Crippen MR) is 117 cm³/mol. The van der Waals surface area contributed by atoms with E-state index in [0.717, 1.165) is 37.0 Å². The molecule has 6 rings (SSSR count). The predicted octanol–water partition coefficient (Wildman–Crippen LogP) is 6.51. The third-order valence-corrected chi connectivity index (χ3v) is 9.65. The van der Waals surface area contributed by atoms with Gasteiger partial charge in [0.2, 0.25) is 0 Å². The van der Waals surface area contributed by atoms with E-state index in [1.165, 1.54) is 63.5 Å². The molecule has 3 nitrogen and oxygen atoms in total. The monoisotopic (exact) mass is 452 g/mol. The first-order valence-corrected chi connectivity index (χ1v) is 12.6. The van der Waals surface area contributed by atoms with Crippen LogP contribution in [0.25, 0.3) is 0 Å². The van der Waals surface area contributed by atoms with E-state index in [2.05, 4.69) is 0 Å². The van der Waals surface area contributed by atoms with Crippen LogP contribution in [0.1, 0.15) is 57.8 Å². The molecule has 0 N–H and O–H groups in total. The zero-order valence-corrected chi connectivity index (χ0v) is 19.1. The SMILES string of the molecule is COC(=O)C1CCCC1Sc1cc(Cl)c(OCC23CC4CC(CC(C4)C2)C3)cc1F. The zero-order valence-electron chi connectivity index (χ0n) is 17.5. The maximum Gasteiger partial charge on any atom is 0.309 e. The molecule has 30 heavy (non-hydrogen) atoms. The molecule has 0 aliphatic heterocycles. The van der Waals surface area contributed by atoms with Gasteiger partial charge < -0.3 is 9.47 Å². The molecule has 5 saturated carbocycles. The molecule has 4 bridgehead atoms. The van der Waals surface area contributed by atoms with Crippen LogP contribution in [0.15, 0.2) is 17.0 Å². The van der Waals surface area contributed by atoms with Gasteiger partial charge in [0.15, 0.2) is 0 Å². The first kappa shape index (κ1) is 20.9. The topological polar surface area (TPSA) is 35.5 Å². The highest BCUT2D eigenvalue weighted by Crippen LogP contribution is 2.60. The van der Waals surface area contributed by atoms with Crippen LogP contribution < -0.4 is 4.74 Å². The van der Waals surface area contributed by atoms with Crippen molar-refractivity contribution in [3.05, 3.63) is 23.0 Å². The normalized spacial score (nSPS) is 36.8. The summed E-state index contributed by atoms with van der Waals surface area (Å²) in [5.74, 6) is 2.34. The number of methoxy groups -OCH3 is 1. The van der Waals surface area contributed by atoms with Crippen molar-refractivity contribution in [2.45, 2.75) is 67.9 Å². The number of thioether (sulfide) groups is 1. The van der Waals surface area contributed by atoms with Gasteiger partial charge in [0, 0.05) is 21.6 Å². The standard InChI is InChI=1S/C24H30ClFO3S/c1-28-23(27)17-3-2-4-21(17)30-22-8-18(25)20(9-19(22)26)29-13-24-10-14-5-15(11-24)7-16(6-14)12-24/h8-9,14-17,21H,2-7,10-13H2,1H3. The molecular formula is C24H30ClFO3S. The van der Waals surface area contributed by atoms with Gasteiger partial charge in [-0.3, -0.25) is 4.79 Å². The van der Waals surface area contributed by atoms with Gasteiger partial charge in [0.25, 0.3) is 0 Å². The molecule has 5 aliphatic carbocycles. The maximum absolute atomic E-state index is 14.9. The average molecular weight is 453 g/mol. The Balaban J connectivity index is 1.26. The molecule has 0 amide bonds. The Hall–Kier alpha value is -0.940. The van der Waals surface area contributed by atoms with Crippen molar-refractivity contribution in [2.75, 3.05) is 13.7 Å². The van der Waals surface area contributed by atoms with Gasteiger partial charge in [0.05, 0.1) is 24.7 Å². The largest absolute Gasteiger partial charge is 0.491 e. The second-order valence-corrected chi connectivity index (χ2v) is 11.8. The second kappa shape index (κ2) is 8.20. The molecule has 0 radical (unpaired) electrons. The summed E-state index contributed by atoms with van der Waals surface area (Å²) in [5.41, 5.74) is 0.263. The molecule has 1 aromatic rings. The molecule has 2 unspecified atom stereocenters. The van der Waals surface area contributed by atoms with Crippen molar-refractivity contribution < 1.29 is 18.7 Å². The zero-order chi connectivity index (χ0) is 20.9. The van der Waals surface area contributed by atoms with E-state index in [9.17, 15) is 9.18 Å². The number of esters is 1. The highest BCUT2D eigenvalue weighted by Gasteiger charge is 2.51. The lowest BCUT2D eigenvalue weighted by Gasteiger charge is -2.56. The van der Waals surface area contributed by atoms with Crippen LogP contribution in [0, 0.1) is 34.9 Å². The quantitative estimate of drug-likeness (QED) is 0.461. The maximum atomic E-state index is 14.9. The Morgan fingerprint density at radius 2 is 1.83 bits per heavy atom. The van der Waals surface area contributed by atoms with Gasteiger partial charge in [0.1, 0.15) is 11.6 Å². The lowest BCUT2D eigenvalue weighted by atomic mass is 9.50. The summed E-state index contributed by atoms with van der Waals surface area (Å²) in [7, 11) is 1.41. The Labute approximate surface area is 187 Å². The summed E-state index contributed by atoms with van der Waals surface area (Å²) < 4.78 is 26.0. The summed E-state index contributed by atoms with van der Waals surface area (Å²) in [6.45, 7) is 0.648. The van der Waals surface area contributed by atoms with E-state index in [0.29, 0.717) is 22.3 Å². The molecule has 2 atom stereocenters. The summed E-state index contributed by atoms with van der Waals surface area (Å²) in [6, 6.07) is 3.11. The van der Waals surface area contributed by atoms with Crippen molar-refractivity contribution in [3.63, 3.8) is 0 Å². The first-order valence-electron chi connectivity index (χ1n) is 11.3. The molecule has 0 saturated heterocycles. The smallest absolute Gasteiger partial charge is 0.309 e. The van der Waals surface area contributed by atoms with Crippen LogP contribution in [0.2, 0.25) is 5.02 Å². The third-order valence-electron chi connectivity index (χ3n) is 7.92. The number of hydrogen-bond acceptors (Lipinski definition) is 4. The fourth-order valence-electron chi connectivity index (χ4n) is 7.06. The minimum absolute atomic E-state index is 0.0295. The van der Waals surface area contributed by atoms with Gasteiger partial charge >= 0.3 is 5.97 Å². The van der Waals surface area contributed by atoms with Crippen molar-refractivity contribution in [3.8, 4) is 5.75 Å². The van der Waals surface area contributed by atoms with Crippen LogP contribution in [0.5, 0.6) is 5.75 Å². The third kappa shape index (κ3) is 3.97. The molecule has 164 valence electrons. The number of ether oxygens (including phenoxy) is 2. The minimum atomic E-state index is -0.319. The molecule has 6 heteroatoms. The van der Waals surface area contributed by atoms with Gasteiger partial charge in [-0.2, -0.15) is 0 Å². The number of benzene rings is 1. The molecule has 5 aliphatic rings. The summed E-state index contributed by atoms with van der Waals surface area (Å²) in [6.07, 6.45) is 10.6. The summed E-state index contributed by atoms with van der Waals surface area (Å²) in [4.78, 5) is 12.5. The molecule has 5 fully saturated rings. The van der Waals surface area contributed by atoms with E-state index in [4.69, 9.17) is 21.1 Å². The lowest BCUT2D eigenvalue weighted by molar-refractivity contribution is -0.144. The Kier molecular flexibility index (Phi) is 5.72. The number of carbonyl (C=O) groups is 1. The Bertz CT molecular complexity index is 794. The van der Waals surface area contributed by atoms with Gasteiger partial charge in [-0.25, -0.2) is 4.39 Å². The van der Waals surface area contributed by atoms with Crippen LogP contribution in [0.3, 0.4) is 0 Å². The molecule has 1 aromatic carbocycles. The number of hydrogen-bond donors (Lipinski definition) is 0. The number of halogens is 2. The lowest BCUT2D eigenvalue weighted by Crippen LogP contribution is -2.48. The van der Waals surface area contributed by atoms with E-state index in [1.54, 1.807) is 6.07 Å². The Morgan fingerprint density at radius 3 is 2.47 bits per heavy atom. The van der Waals surface area contributed by atoms with E-state index in [1.807, 2.05) is 0 Å². The van der Waals surface area contributed by atoms with Crippen molar-refractivity contribution >= 4 is 29.3 Å². The van der Waals surface area contributed by atoms with Gasteiger partial charge in [-0.1, -0.05) is 18.0 Å². The first-order chi connectivity index (χ1) is 14.4. The second-order valence-electron chi connectivity index (χ2n) is 10.1. The molecule has 0 heterocycles. The van der Waals surface area contributed by atoms with Crippen molar-refractivity contribution in [1.82, 2.24) is 0 Å². The highest BCUT2D eigenvalue weighted by atomic mass is 35.5. The molecule has 0 aromatic heterocycles. The van der Waals surface area contributed by atoms with Crippen LogP contribution >= 0.6 is 23.4 Å². The van der Waals surface area contributed by atoms with Crippen molar-refractivity contribution in [1.29, 1.82) is 0 Å². The number of rotatable bonds is 6. The molecular weight excluding hydrogens is 423 g/mol. The van der Waals surface area contributed by atoms with Crippen LogP contribution in [-0.4, -0.2) is 24.9 Å². The highest BCUT2D eigenvalue weighted by molar-refractivity contribution is 8.00. The van der Waals surface area contributed by atoms with E-state index < -0.39 is 0 Å². The van der Waals surface area contributed by atoms with E-state index in [-0.39, 0.29) is 28.4 Å². The Morgan fingerprint density at radius 1 is 1.17 bits per heavy atom. The van der Waals surface area contributed by atoms with Crippen molar-refractivity contribution in [2.24, 2.45) is 29.1 Å².